The Kier molecular flexibility index (Phi) is 5.82. The molecule has 2 amide bonds. The van der Waals surface area contributed by atoms with Crippen molar-refractivity contribution in [2.24, 2.45) is 0 Å². The number of carbonyl (C=O) groups is 1. The largest absolute Gasteiger partial charge is 0.467 e. The molecule has 0 aliphatic heterocycles. The molecule has 2 N–H and O–H groups in total. The maximum atomic E-state index is 11.7. The van der Waals surface area contributed by atoms with Crippen LogP contribution >= 0.6 is 0 Å². The number of amides is 2. The second-order valence-corrected chi connectivity index (χ2v) is 5.08. The molecule has 0 spiro atoms. The number of nitrogens with zero attached hydrogens (tertiary/aromatic N) is 1. The second kappa shape index (κ2) is 8.07. The normalized spacial score (nSPS) is 11.9. The van der Waals surface area contributed by atoms with Gasteiger partial charge in [0.2, 0.25) is 5.56 Å². The lowest BCUT2D eigenvalue weighted by Crippen LogP contribution is -2.37. The lowest BCUT2D eigenvalue weighted by molar-refractivity contribution is 0.236. The van der Waals surface area contributed by atoms with Gasteiger partial charge in [-0.1, -0.05) is 6.07 Å². The Morgan fingerprint density at radius 2 is 2.14 bits per heavy atom. The molecule has 0 saturated heterocycles. The quantitative estimate of drug-likeness (QED) is 0.770. The van der Waals surface area contributed by atoms with Crippen LogP contribution in [0.4, 0.5) is 4.79 Å². The van der Waals surface area contributed by atoms with Gasteiger partial charge in [0.25, 0.3) is 0 Å². The van der Waals surface area contributed by atoms with Gasteiger partial charge < -0.3 is 19.6 Å². The first-order chi connectivity index (χ1) is 10.7. The smallest absolute Gasteiger partial charge is 0.315 e. The van der Waals surface area contributed by atoms with Crippen molar-refractivity contribution < 1.29 is 9.21 Å². The van der Waals surface area contributed by atoms with Crippen LogP contribution in [0.3, 0.4) is 0 Å². The number of furan rings is 1. The lowest BCUT2D eigenvalue weighted by Gasteiger charge is -2.12. The summed E-state index contributed by atoms with van der Waals surface area (Å²) < 4.78 is 6.89. The molecule has 2 rings (SSSR count). The molecule has 2 heterocycles. The van der Waals surface area contributed by atoms with Crippen LogP contribution in [-0.4, -0.2) is 17.1 Å². The third-order valence-electron chi connectivity index (χ3n) is 3.33. The van der Waals surface area contributed by atoms with Crippen LogP contribution in [0.1, 0.15) is 31.6 Å². The molecule has 22 heavy (non-hydrogen) atoms. The van der Waals surface area contributed by atoms with Crippen molar-refractivity contribution in [1.29, 1.82) is 0 Å². The van der Waals surface area contributed by atoms with E-state index in [1.165, 1.54) is 0 Å². The molecule has 0 bridgehead atoms. The van der Waals surface area contributed by atoms with Crippen LogP contribution < -0.4 is 16.2 Å². The summed E-state index contributed by atoms with van der Waals surface area (Å²) in [5.41, 5.74) is 0.000440. The fourth-order valence-electron chi connectivity index (χ4n) is 2.11. The molecule has 2 aromatic heterocycles. The van der Waals surface area contributed by atoms with Gasteiger partial charge in [-0.3, -0.25) is 4.79 Å². The third-order valence-corrected chi connectivity index (χ3v) is 3.33. The molecule has 2 aromatic rings. The molecule has 6 heteroatoms. The zero-order chi connectivity index (χ0) is 15.8. The van der Waals surface area contributed by atoms with Gasteiger partial charge in [0, 0.05) is 25.4 Å². The van der Waals surface area contributed by atoms with Crippen LogP contribution in [0.5, 0.6) is 0 Å². The highest BCUT2D eigenvalue weighted by Crippen LogP contribution is 2.11. The van der Waals surface area contributed by atoms with E-state index in [4.69, 9.17) is 4.42 Å². The monoisotopic (exact) mass is 303 g/mol. The van der Waals surface area contributed by atoms with E-state index in [9.17, 15) is 9.59 Å². The Balaban J connectivity index is 1.61. The molecule has 1 unspecified atom stereocenters. The van der Waals surface area contributed by atoms with Crippen LogP contribution in [0.15, 0.2) is 52.0 Å². The van der Waals surface area contributed by atoms with Gasteiger partial charge in [0.1, 0.15) is 5.76 Å². The van der Waals surface area contributed by atoms with Gasteiger partial charge in [-0.15, -0.1) is 0 Å². The fourth-order valence-corrected chi connectivity index (χ4v) is 2.11. The van der Waals surface area contributed by atoms with Crippen LogP contribution in [0.2, 0.25) is 0 Å². The highest BCUT2D eigenvalue weighted by atomic mass is 16.3. The van der Waals surface area contributed by atoms with E-state index in [2.05, 4.69) is 10.6 Å². The minimum absolute atomic E-state index is 0.000440. The summed E-state index contributed by atoms with van der Waals surface area (Å²) in [6, 6.07) is 8.33. The van der Waals surface area contributed by atoms with E-state index in [-0.39, 0.29) is 17.6 Å². The molecule has 0 aliphatic carbocycles. The second-order valence-electron chi connectivity index (χ2n) is 5.08. The molecular formula is C16H21N3O3. The summed E-state index contributed by atoms with van der Waals surface area (Å²) in [4.78, 5) is 23.2. The summed E-state index contributed by atoms with van der Waals surface area (Å²) in [6.07, 6.45) is 4.99. The third kappa shape index (κ3) is 4.80. The van der Waals surface area contributed by atoms with Crippen LogP contribution in [0.25, 0.3) is 0 Å². The summed E-state index contributed by atoms with van der Waals surface area (Å²) in [5.74, 6) is 0.721. The minimum Gasteiger partial charge on any atom is -0.467 e. The van der Waals surface area contributed by atoms with Crippen LogP contribution in [0, 0.1) is 0 Å². The summed E-state index contributed by atoms with van der Waals surface area (Å²) in [6.45, 7) is 3.09. The number of hydrogen-bond donors (Lipinski definition) is 2. The van der Waals surface area contributed by atoms with Gasteiger partial charge >= 0.3 is 6.03 Å². The van der Waals surface area contributed by atoms with Gasteiger partial charge in [0.15, 0.2) is 0 Å². The number of nitrogens with one attached hydrogen (secondary N) is 2. The van der Waals surface area contributed by atoms with Gasteiger partial charge in [0.05, 0.1) is 12.3 Å². The maximum absolute atomic E-state index is 11.7. The van der Waals surface area contributed by atoms with Crippen molar-refractivity contribution in [2.45, 2.75) is 32.4 Å². The molecule has 0 fully saturated rings. The summed E-state index contributed by atoms with van der Waals surface area (Å²) in [7, 11) is 0. The topological polar surface area (TPSA) is 76.3 Å². The molecule has 6 nitrogen and oxygen atoms in total. The van der Waals surface area contributed by atoms with Gasteiger partial charge in [-0.2, -0.15) is 0 Å². The van der Waals surface area contributed by atoms with E-state index >= 15 is 0 Å². The maximum Gasteiger partial charge on any atom is 0.315 e. The van der Waals surface area contributed by atoms with Crippen molar-refractivity contribution in [3.8, 4) is 0 Å². The molecule has 0 aromatic carbocycles. The number of rotatable bonds is 7. The van der Waals surface area contributed by atoms with Crippen molar-refractivity contribution in [3.63, 3.8) is 0 Å². The Morgan fingerprint density at radius 1 is 1.27 bits per heavy atom. The Bertz CT molecular complexity index is 634. The van der Waals surface area contributed by atoms with E-state index in [1.807, 2.05) is 19.1 Å². The van der Waals surface area contributed by atoms with E-state index in [0.29, 0.717) is 13.1 Å². The number of carbonyl (C=O) groups excluding carboxylic acids is 1. The SMILES string of the molecule is CC(NC(=O)NCCCCn1ccccc1=O)c1ccco1. The van der Waals surface area contributed by atoms with Crippen LogP contribution in [-0.2, 0) is 6.54 Å². The van der Waals surface area contributed by atoms with Crippen molar-refractivity contribution >= 4 is 6.03 Å². The van der Waals surface area contributed by atoms with E-state index in [1.54, 1.807) is 35.2 Å². The first kappa shape index (κ1) is 15.9. The molecule has 0 saturated carbocycles. The fraction of sp³-hybridized carbons (Fsp3) is 0.375. The standard InChI is InChI=1S/C16H21N3O3/c1-13(14-7-6-12-22-14)18-16(21)17-9-3-5-11-19-10-4-2-8-15(19)20/h2,4,6-8,10,12-13H,3,5,9,11H2,1H3,(H2,17,18,21). The first-order valence-corrected chi connectivity index (χ1v) is 7.40. The Hall–Kier alpha value is -2.50. The zero-order valence-corrected chi connectivity index (χ0v) is 12.6. The molecule has 0 radical (unpaired) electrons. The van der Waals surface area contributed by atoms with E-state index in [0.717, 1.165) is 18.6 Å². The number of aryl methyl sites for hydroxylation is 1. The van der Waals surface area contributed by atoms with Crippen molar-refractivity contribution in [2.75, 3.05) is 6.54 Å². The highest BCUT2D eigenvalue weighted by molar-refractivity contribution is 5.74. The molecular weight excluding hydrogens is 282 g/mol. The van der Waals surface area contributed by atoms with Gasteiger partial charge in [-0.05, 0) is 38.0 Å². The predicted octanol–water partition coefficient (Wildman–Crippen LogP) is 2.28. The van der Waals surface area contributed by atoms with Gasteiger partial charge in [-0.25, -0.2) is 4.79 Å². The van der Waals surface area contributed by atoms with E-state index < -0.39 is 0 Å². The Labute approximate surface area is 129 Å². The molecule has 1 atom stereocenters. The summed E-state index contributed by atoms with van der Waals surface area (Å²) in [5, 5.41) is 5.60. The average molecular weight is 303 g/mol. The number of aromatic nitrogens is 1. The Morgan fingerprint density at radius 3 is 2.86 bits per heavy atom. The zero-order valence-electron chi connectivity index (χ0n) is 12.6. The number of pyridine rings is 1. The van der Waals surface area contributed by atoms with Crippen molar-refractivity contribution in [3.05, 3.63) is 58.9 Å². The summed E-state index contributed by atoms with van der Waals surface area (Å²) >= 11 is 0. The lowest BCUT2D eigenvalue weighted by atomic mass is 10.2. The minimum atomic E-state index is -0.222. The molecule has 118 valence electrons. The first-order valence-electron chi connectivity index (χ1n) is 7.40. The number of unbranched alkanes of at least 4 members (excludes halogenated alkanes) is 1. The molecule has 0 aliphatic rings. The predicted molar refractivity (Wildman–Crippen MR) is 83.6 cm³/mol. The number of urea groups is 1. The van der Waals surface area contributed by atoms with Crippen molar-refractivity contribution in [1.82, 2.24) is 15.2 Å². The number of hydrogen-bond acceptors (Lipinski definition) is 3. The average Bonchev–Trinajstić information content (AvgIpc) is 3.03. The highest BCUT2D eigenvalue weighted by Gasteiger charge is 2.10.